The molecule has 3 nitrogen and oxygen atoms in total. The van der Waals surface area contributed by atoms with Gasteiger partial charge in [-0.15, -0.1) is 0 Å². The maximum atomic E-state index is 12.0. The van der Waals surface area contributed by atoms with Crippen LogP contribution in [0.25, 0.3) is 0 Å². The van der Waals surface area contributed by atoms with Crippen molar-refractivity contribution in [2.24, 2.45) is 0 Å². The summed E-state index contributed by atoms with van der Waals surface area (Å²) in [7, 11) is -2.38. The zero-order valence-electron chi connectivity index (χ0n) is 9.89. The van der Waals surface area contributed by atoms with E-state index in [0.29, 0.717) is 19.4 Å². The standard InChI is InChI=1S/C13H19O3P/c14-13(9-5-2-6-10-13)17(15)16-11-12-7-3-1-4-8-12/h1,3-4,7-8,14,17H,2,5-6,9-11H2. The molecule has 0 bridgehead atoms. The molecule has 0 saturated heterocycles. The number of rotatable bonds is 4. The van der Waals surface area contributed by atoms with Crippen LogP contribution in [-0.2, 0) is 15.7 Å². The maximum absolute atomic E-state index is 12.0. The van der Waals surface area contributed by atoms with E-state index >= 15 is 0 Å². The number of hydrogen-bond donors (Lipinski definition) is 1. The van der Waals surface area contributed by atoms with Crippen molar-refractivity contribution >= 4 is 8.03 Å². The summed E-state index contributed by atoms with van der Waals surface area (Å²) < 4.78 is 17.4. The predicted molar refractivity (Wildman–Crippen MR) is 68.3 cm³/mol. The van der Waals surface area contributed by atoms with Gasteiger partial charge >= 0.3 is 0 Å². The van der Waals surface area contributed by atoms with Gasteiger partial charge in [0, 0.05) is 0 Å². The van der Waals surface area contributed by atoms with Crippen molar-refractivity contribution < 1.29 is 14.2 Å². The zero-order valence-corrected chi connectivity index (χ0v) is 10.9. The Balaban J connectivity index is 1.88. The van der Waals surface area contributed by atoms with Crippen molar-refractivity contribution in [2.75, 3.05) is 0 Å². The van der Waals surface area contributed by atoms with Gasteiger partial charge in [-0.2, -0.15) is 0 Å². The van der Waals surface area contributed by atoms with Crippen LogP contribution < -0.4 is 0 Å². The number of benzene rings is 1. The molecule has 0 heterocycles. The van der Waals surface area contributed by atoms with E-state index in [2.05, 4.69) is 0 Å². The van der Waals surface area contributed by atoms with Crippen LogP contribution in [-0.4, -0.2) is 10.4 Å². The fourth-order valence-electron chi connectivity index (χ4n) is 2.20. The Kier molecular flexibility index (Phi) is 4.38. The van der Waals surface area contributed by atoms with Gasteiger partial charge in [0.05, 0.1) is 6.61 Å². The van der Waals surface area contributed by atoms with Crippen LogP contribution in [0.5, 0.6) is 0 Å². The minimum absolute atomic E-state index is 0.320. The molecule has 1 aliphatic carbocycles. The van der Waals surface area contributed by atoms with Crippen LogP contribution in [0.3, 0.4) is 0 Å². The minimum Gasteiger partial charge on any atom is -0.380 e. The summed E-state index contributed by atoms with van der Waals surface area (Å²) in [5.41, 5.74) is 0.991. The van der Waals surface area contributed by atoms with Crippen LogP contribution in [0.15, 0.2) is 30.3 Å². The van der Waals surface area contributed by atoms with Crippen molar-refractivity contribution in [1.29, 1.82) is 0 Å². The van der Waals surface area contributed by atoms with Gasteiger partial charge in [-0.25, -0.2) is 0 Å². The molecule has 0 aromatic heterocycles. The Morgan fingerprint density at radius 3 is 2.47 bits per heavy atom. The van der Waals surface area contributed by atoms with Crippen molar-refractivity contribution in [1.82, 2.24) is 0 Å². The van der Waals surface area contributed by atoms with E-state index in [1.54, 1.807) is 0 Å². The van der Waals surface area contributed by atoms with E-state index in [0.717, 1.165) is 24.8 Å². The summed E-state index contributed by atoms with van der Waals surface area (Å²) in [5.74, 6) is 0. The first-order valence-corrected chi connectivity index (χ1v) is 7.46. The van der Waals surface area contributed by atoms with Gasteiger partial charge in [-0.1, -0.05) is 49.6 Å². The van der Waals surface area contributed by atoms with Crippen molar-refractivity contribution in [3.05, 3.63) is 35.9 Å². The highest BCUT2D eigenvalue weighted by atomic mass is 31.1. The molecule has 0 spiro atoms. The van der Waals surface area contributed by atoms with Crippen molar-refractivity contribution in [3.63, 3.8) is 0 Å². The predicted octanol–water partition coefficient (Wildman–Crippen LogP) is 3.33. The van der Waals surface area contributed by atoms with Crippen molar-refractivity contribution in [2.45, 2.75) is 44.1 Å². The first-order chi connectivity index (χ1) is 8.21. The molecule has 1 aromatic rings. The molecule has 1 saturated carbocycles. The second-order valence-corrected chi connectivity index (χ2v) is 6.45. The van der Waals surface area contributed by atoms with Gasteiger partial charge in [0.2, 0.25) is 8.03 Å². The summed E-state index contributed by atoms with van der Waals surface area (Å²) in [4.78, 5) is 0. The Labute approximate surface area is 103 Å². The summed E-state index contributed by atoms with van der Waals surface area (Å²) in [6.07, 6.45) is 4.23. The third-order valence-corrected chi connectivity index (χ3v) is 4.94. The molecule has 0 radical (unpaired) electrons. The molecule has 1 unspecified atom stereocenters. The van der Waals surface area contributed by atoms with E-state index in [1.165, 1.54) is 0 Å². The molecule has 1 aromatic carbocycles. The highest BCUT2D eigenvalue weighted by molar-refractivity contribution is 7.40. The van der Waals surface area contributed by atoms with Crippen molar-refractivity contribution in [3.8, 4) is 0 Å². The molecule has 0 amide bonds. The molecule has 94 valence electrons. The summed E-state index contributed by atoms with van der Waals surface area (Å²) >= 11 is 0. The van der Waals surface area contributed by atoms with Gasteiger partial charge in [0.25, 0.3) is 0 Å². The average Bonchev–Trinajstić information content (AvgIpc) is 2.38. The molecule has 1 N–H and O–H groups in total. The van der Waals surface area contributed by atoms with Gasteiger partial charge in [0.1, 0.15) is 5.34 Å². The lowest BCUT2D eigenvalue weighted by molar-refractivity contribution is 0.0687. The molecular formula is C13H19O3P. The van der Waals surface area contributed by atoms with Crippen LogP contribution in [0.2, 0.25) is 0 Å². The van der Waals surface area contributed by atoms with Gasteiger partial charge in [-0.3, -0.25) is 4.57 Å². The Hall–Kier alpha value is -0.630. The smallest absolute Gasteiger partial charge is 0.222 e. The fraction of sp³-hybridized carbons (Fsp3) is 0.538. The molecule has 17 heavy (non-hydrogen) atoms. The highest BCUT2D eigenvalue weighted by Gasteiger charge is 2.36. The lowest BCUT2D eigenvalue weighted by Crippen LogP contribution is -2.27. The van der Waals surface area contributed by atoms with E-state index in [-0.39, 0.29) is 0 Å². The molecule has 2 rings (SSSR count). The average molecular weight is 254 g/mol. The number of aliphatic hydroxyl groups is 1. The minimum atomic E-state index is -2.38. The van der Waals surface area contributed by atoms with Crippen LogP contribution >= 0.6 is 8.03 Å². The highest BCUT2D eigenvalue weighted by Crippen LogP contribution is 2.47. The molecule has 1 atom stereocenters. The SMILES string of the molecule is O=[PH](OCc1ccccc1)C1(O)CCCCC1. The number of hydrogen-bond acceptors (Lipinski definition) is 3. The van der Waals surface area contributed by atoms with E-state index in [1.807, 2.05) is 30.3 Å². The molecular weight excluding hydrogens is 235 g/mol. The van der Waals surface area contributed by atoms with E-state index in [4.69, 9.17) is 4.52 Å². The topological polar surface area (TPSA) is 46.5 Å². The third kappa shape index (κ3) is 3.41. The normalized spacial score (nSPS) is 21.0. The lowest BCUT2D eigenvalue weighted by Gasteiger charge is -2.30. The molecule has 1 fully saturated rings. The Bertz CT molecular complexity index is 372. The first-order valence-electron chi connectivity index (χ1n) is 6.14. The molecule has 1 aliphatic rings. The largest absolute Gasteiger partial charge is 0.380 e. The van der Waals surface area contributed by atoms with Crippen LogP contribution in [0.4, 0.5) is 0 Å². The first kappa shape index (κ1) is 12.8. The van der Waals surface area contributed by atoms with Crippen LogP contribution in [0.1, 0.15) is 37.7 Å². The van der Waals surface area contributed by atoms with E-state index in [9.17, 15) is 9.67 Å². The second-order valence-electron chi connectivity index (χ2n) is 4.65. The fourth-order valence-corrected chi connectivity index (χ4v) is 3.53. The van der Waals surface area contributed by atoms with Gasteiger partial charge in [-0.05, 0) is 18.4 Å². The van der Waals surface area contributed by atoms with Gasteiger partial charge in [0.15, 0.2) is 0 Å². The maximum Gasteiger partial charge on any atom is 0.222 e. The Morgan fingerprint density at radius 1 is 1.18 bits per heavy atom. The van der Waals surface area contributed by atoms with Gasteiger partial charge < -0.3 is 9.63 Å². The van der Waals surface area contributed by atoms with Crippen LogP contribution in [0, 0.1) is 0 Å². The summed E-state index contributed by atoms with van der Waals surface area (Å²) in [5, 5.41) is 9.17. The monoisotopic (exact) mass is 254 g/mol. The second kappa shape index (κ2) is 5.81. The summed E-state index contributed by atoms with van der Waals surface area (Å²) in [6.45, 7) is 0.320. The quantitative estimate of drug-likeness (QED) is 0.838. The lowest BCUT2D eigenvalue weighted by atomic mass is 9.97. The van der Waals surface area contributed by atoms with E-state index < -0.39 is 13.4 Å². The molecule has 4 heteroatoms. The zero-order chi connectivity index (χ0) is 12.1. The third-order valence-electron chi connectivity index (χ3n) is 3.27. The Morgan fingerprint density at radius 2 is 1.82 bits per heavy atom. The molecule has 0 aliphatic heterocycles. The summed E-state index contributed by atoms with van der Waals surface area (Å²) in [6, 6.07) is 9.64.